The molecule has 100 valence electrons. The van der Waals surface area contributed by atoms with E-state index in [0.717, 1.165) is 11.1 Å². The summed E-state index contributed by atoms with van der Waals surface area (Å²) in [6.45, 7) is 0. The van der Waals surface area contributed by atoms with Gasteiger partial charge in [-0.3, -0.25) is 0 Å². The highest BCUT2D eigenvalue weighted by Gasteiger charge is 2.66. The molecule has 0 saturated heterocycles. The van der Waals surface area contributed by atoms with Crippen LogP contribution < -0.4 is 0 Å². The van der Waals surface area contributed by atoms with Crippen LogP contribution in [-0.2, 0) is 10.2 Å². The Kier molecular flexibility index (Phi) is 2.46. The summed E-state index contributed by atoms with van der Waals surface area (Å²) in [4.78, 5) is 0. The topological polar surface area (TPSA) is 9.23 Å². The molecule has 3 atom stereocenters. The number of fused-ring (bicyclic) bond motifs is 1. The molecule has 2 aliphatic rings. The summed E-state index contributed by atoms with van der Waals surface area (Å²) in [5.41, 5.74) is 1.30. The fourth-order valence-electron chi connectivity index (χ4n) is 3.66. The van der Waals surface area contributed by atoms with Crippen molar-refractivity contribution in [3.05, 3.63) is 84.1 Å². The van der Waals surface area contributed by atoms with E-state index in [2.05, 4.69) is 0 Å². The van der Waals surface area contributed by atoms with Gasteiger partial charge in [0, 0.05) is 0 Å². The Bertz CT molecular complexity index is 595. The molecule has 1 heterocycles. The Hall–Kier alpha value is -2.09. The average molecular weight is 266 g/mol. The lowest BCUT2D eigenvalue weighted by Gasteiger charge is -2.54. The van der Waals surface area contributed by atoms with Crippen molar-refractivity contribution in [3.63, 3.8) is 0 Å². The van der Waals surface area contributed by atoms with Gasteiger partial charge >= 0.3 is 0 Å². The largest absolute Gasteiger partial charge is 0.496 e. The van der Waals surface area contributed by atoms with Crippen LogP contribution in [-0.4, -0.2) is 12.3 Å². The Morgan fingerprint density at radius 2 is 1.40 bits per heavy atom. The monoisotopic (exact) mass is 266 g/mol. The van der Waals surface area contributed by atoms with Gasteiger partial charge in [-0.1, -0.05) is 60.7 Å². The van der Waals surface area contributed by atoms with Crippen LogP contribution in [0.3, 0.4) is 0 Å². The second-order valence-electron chi connectivity index (χ2n) is 5.47. The molecule has 1 fully saturated rings. The number of ether oxygens (including phenoxy) is 1. The molecule has 0 aromatic heterocycles. The van der Waals surface area contributed by atoms with Crippen LogP contribution in [0.25, 0.3) is 0 Å². The predicted octanol–water partition coefficient (Wildman–Crippen LogP) is 3.85. The van der Waals surface area contributed by atoms with Crippen molar-refractivity contribution in [1.29, 1.82) is 0 Å². The van der Waals surface area contributed by atoms with Crippen molar-refractivity contribution in [2.45, 2.75) is 17.7 Å². The Morgan fingerprint density at radius 1 is 0.850 bits per heavy atom. The van der Waals surface area contributed by atoms with Crippen molar-refractivity contribution in [2.24, 2.45) is 5.92 Å². The zero-order valence-corrected chi connectivity index (χ0v) is 10.9. The highest BCUT2D eigenvalue weighted by molar-refractivity contribution is 5.49. The zero-order valence-electron chi connectivity index (χ0n) is 10.9. The quantitative estimate of drug-likeness (QED) is 0.802. The standard InChI is InChI=1S/C18H15FO/c19-16-15-11-12-20-17(15)18(16,13-7-3-1-4-8-13)14-9-5-2-6-10-14/h1-12,15-17H/t15-,16-,17-/m0/s1. The minimum atomic E-state index is -0.948. The maximum absolute atomic E-state index is 15.0. The van der Waals surface area contributed by atoms with Gasteiger partial charge in [0.05, 0.1) is 17.6 Å². The van der Waals surface area contributed by atoms with Crippen LogP contribution in [0.15, 0.2) is 73.0 Å². The van der Waals surface area contributed by atoms with E-state index in [9.17, 15) is 0 Å². The minimum absolute atomic E-state index is 0.129. The zero-order chi connectivity index (χ0) is 13.6. The Labute approximate surface area is 117 Å². The van der Waals surface area contributed by atoms with Gasteiger partial charge < -0.3 is 4.74 Å². The lowest BCUT2D eigenvalue weighted by Crippen LogP contribution is -2.64. The average Bonchev–Trinajstić information content (AvgIpc) is 2.95. The summed E-state index contributed by atoms with van der Waals surface area (Å²) in [7, 11) is 0. The van der Waals surface area contributed by atoms with Crippen molar-refractivity contribution >= 4 is 0 Å². The van der Waals surface area contributed by atoms with Crippen LogP contribution in [0.5, 0.6) is 0 Å². The first-order valence-electron chi connectivity index (χ1n) is 6.92. The Morgan fingerprint density at radius 3 is 1.95 bits per heavy atom. The first-order valence-corrected chi connectivity index (χ1v) is 6.92. The lowest BCUT2D eigenvalue weighted by atomic mass is 9.52. The molecule has 0 unspecified atom stereocenters. The van der Waals surface area contributed by atoms with Gasteiger partial charge in [0.1, 0.15) is 12.3 Å². The molecule has 0 amide bonds. The highest BCUT2D eigenvalue weighted by atomic mass is 19.1. The molecule has 2 aromatic rings. The predicted molar refractivity (Wildman–Crippen MR) is 76.1 cm³/mol. The van der Waals surface area contributed by atoms with E-state index in [4.69, 9.17) is 4.74 Å². The maximum atomic E-state index is 15.0. The normalized spacial score (nSPS) is 29.4. The van der Waals surface area contributed by atoms with Gasteiger partial charge in [-0.25, -0.2) is 4.39 Å². The summed E-state index contributed by atoms with van der Waals surface area (Å²) in [6, 6.07) is 19.7. The number of hydrogen-bond acceptors (Lipinski definition) is 1. The summed E-state index contributed by atoms with van der Waals surface area (Å²) in [5, 5.41) is 0. The molecule has 1 aliphatic heterocycles. The number of rotatable bonds is 2. The number of hydrogen-bond donors (Lipinski definition) is 0. The second kappa shape index (κ2) is 4.20. The van der Waals surface area contributed by atoms with Gasteiger partial charge in [0.15, 0.2) is 0 Å². The summed E-state index contributed by atoms with van der Waals surface area (Å²) in [6.07, 6.45) is 2.41. The van der Waals surface area contributed by atoms with Gasteiger partial charge in [-0.15, -0.1) is 0 Å². The van der Waals surface area contributed by atoms with Crippen molar-refractivity contribution < 1.29 is 9.13 Å². The lowest BCUT2D eigenvalue weighted by molar-refractivity contribution is -0.0851. The molecule has 0 bridgehead atoms. The third kappa shape index (κ3) is 1.31. The van der Waals surface area contributed by atoms with Crippen molar-refractivity contribution in [2.75, 3.05) is 0 Å². The van der Waals surface area contributed by atoms with E-state index in [1.54, 1.807) is 6.26 Å². The molecule has 2 aromatic carbocycles. The van der Waals surface area contributed by atoms with Crippen molar-refractivity contribution in [1.82, 2.24) is 0 Å². The third-order valence-corrected chi connectivity index (χ3v) is 4.60. The fraction of sp³-hybridized carbons (Fsp3) is 0.222. The van der Waals surface area contributed by atoms with Gasteiger partial charge in [0.2, 0.25) is 0 Å². The van der Waals surface area contributed by atoms with Crippen molar-refractivity contribution in [3.8, 4) is 0 Å². The molecule has 20 heavy (non-hydrogen) atoms. The van der Waals surface area contributed by atoms with Crippen LogP contribution in [0, 0.1) is 5.92 Å². The Balaban J connectivity index is 1.91. The van der Waals surface area contributed by atoms with Crippen LogP contribution >= 0.6 is 0 Å². The van der Waals surface area contributed by atoms with E-state index >= 15 is 4.39 Å². The molecule has 1 aliphatic carbocycles. The molecule has 0 spiro atoms. The molecule has 1 nitrogen and oxygen atoms in total. The number of alkyl halides is 1. The first-order chi connectivity index (χ1) is 9.85. The molecule has 0 radical (unpaired) electrons. The van der Waals surface area contributed by atoms with E-state index in [0.29, 0.717) is 0 Å². The van der Waals surface area contributed by atoms with E-state index in [1.165, 1.54) is 0 Å². The van der Waals surface area contributed by atoms with Gasteiger partial charge in [0.25, 0.3) is 0 Å². The molecule has 4 rings (SSSR count). The smallest absolute Gasteiger partial charge is 0.127 e. The summed E-state index contributed by atoms with van der Waals surface area (Å²) >= 11 is 0. The van der Waals surface area contributed by atoms with E-state index < -0.39 is 11.6 Å². The van der Waals surface area contributed by atoms with Crippen LogP contribution in [0.2, 0.25) is 0 Å². The molecular formula is C18H15FO. The molecule has 0 N–H and O–H groups in total. The fourth-order valence-corrected chi connectivity index (χ4v) is 3.66. The first kappa shape index (κ1) is 11.7. The van der Waals surface area contributed by atoms with E-state index in [-0.39, 0.29) is 12.0 Å². The second-order valence-corrected chi connectivity index (χ2v) is 5.47. The highest BCUT2D eigenvalue weighted by Crippen LogP contribution is 2.58. The summed E-state index contributed by atoms with van der Waals surface area (Å²) < 4.78 is 20.8. The van der Waals surface area contributed by atoms with Gasteiger partial charge in [-0.2, -0.15) is 0 Å². The minimum Gasteiger partial charge on any atom is -0.496 e. The van der Waals surface area contributed by atoms with Crippen LogP contribution in [0.4, 0.5) is 4.39 Å². The molecule has 2 heteroatoms. The van der Waals surface area contributed by atoms with E-state index in [1.807, 2.05) is 66.7 Å². The van der Waals surface area contributed by atoms with Crippen LogP contribution in [0.1, 0.15) is 11.1 Å². The maximum Gasteiger partial charge on any atom is 0.127 e. The third-order valence-electron chi connectivity index (χ3n) is 4.60. The molecular weight excluding hydrogens is 251 g/mol. The number of halogens is 1. The van der Waals surface area contributed by atoms with Gasteiger partial charge in [-0.05, 0) is 17.2 Å². The summed E-state index contributed by atoms with van der Waals surface area (Å²) in [5.74, 6) is -0.129. The SMILES string of the molecule is F[C@H]1[C@@H]2C=CO[C@@H]2C1(c1ccccc1)c1ccccc1. The number of benzene rings is 2. The molecule has 1 saturated carbocycles.